The van der Waals surface area contributed by atoms with Crippen LogP contribution in [-0.4, -0.2) is 35.5 Å². The van der Waals surface area contributed by atoms with E-state index < -0.39 is 29.9 Å². The summed E-state index contributed by atoms with van der Waals surface area (Å²) in [7, 11) is 0. The number of carbonyl (C=O) groups excluding carboxylic acids is 1. The molecule has 1 saturated carbocycles. The fourth-order valence-corrected chi connectivity index (χ4v) is 3.21. The zero-order valence-corrected chi connectivity index (χ0v) is 15.6. The first-order valence-corrected chi connectivity index (χ1v) is 8.58. The smallest absolute Gasteiger partial charge is 0.415 e. The lowest BCUT2D eigenvalue weighted by Crippen LogP contribution is -2.44. The highest BCUT2D eigenvalue weighted by Crippen LogP contribution is 2.53. The summed E-state index contributed by atoms with van der Waals surface area (Å²) in [6.07, 6.45) is 0.694. The molecule has 0 unspecified atom stereocenters. The summed E-state index contributed by atoms with van der Waals surface area (Å²) >= 11 is 3.22. The summed E-state index contributed by atoms with van der Waals surface area (Å²) in [4.78, 5) is 19.8. The van der Waals surface area contributed by atoms with Crippen LogP contribution in [-0.2, 0) is 15.0 Å². The van der Waals surface area contributed by atoms with E-state index in [1.54, 1.807) is 20.8 Å². The van der Waals surface area contributed by atoms with Gasteiger partial charge in [0.25, 0.3) is 6.02 Å². The molecule has 0 spiro atoms. The molecule has 1 amide bonds. The van der Waals surface area contributed by atoms with Gasteiger partial charge in [-0.2, -0.15) is 4.39 Å². The first-order chi connectivity index (χ1) is 11.6. The molecule has 25 heavy (non-hydrogen) atoms. The van der Waals surface area contributed by atoms with E-state index in [-0.39, 0.29) is 23.6 Å². The second-order valence-corrected chi connectivity index (χ2v) is 8.01. The van der Waals surface area contributed by atoms with Crippen LogP contribution in [0.4, 0.5) is 13.6 Å². The normalized spacial score (nSPS) is 27.7. The Balaban J connectivity index is 1.93. The van der Waals surface area contributed by atoms with Crippen molar-refractivity contribution in [2.24, 2.45) is 10.9 Å². The average molecular weight is 418 g/mol. The third kappa shape index (κ3) is 3.61. The van der Waals surface area contributed by atoms with Gasteiger partial charge in [0.05, 0.1) is 0 Å². The quantitative estimate of drug-likeness (QED) is 0.747. The topological polar surface area (TPSA) is 72.8 Å². The van der Waals surface area contributed by atoms with Gasteiger partial charge in [-0.05, 0) is 49.2 Å². The van der Waals surface area contributed by atoms with E-state index in [9.17, 15) is 13.6 Å². The third-order valence-electron chi connectivity index (χ3n) is 3.99. The van der Waals surface area contributed by atoms with Crippen LogP contribution in [0.1, 0.15) is 32.8 Å². The van der Waals surface area contributed by atoms with Crippen LogP contribution < -0.4 is 5.32 Å². The number of halogens is 3. The summed E-state index contributed by atoms with van der Waals surface area (Å²) in [6, 6.07) is 1.28. The molecule has 0 bridgehead atoms. The van der Waals surface area contributed by atoms with Gasteiger partial charge in [-0.15, -0.1) is 0 Å². The molecule has 1 N–H and O–H groups in total. The van der Waals surface area contributed by atoms with E-state index in [4.69, 9.17) is 9.47 Å². The third-order valence-corrected chi connectivity index (χ3v) is 4.43. The molecule has 0 radical (unpaired) electrons. The molecule has 9 heteroatoms. The van der Waals surface area contributed by atoms with Crippen molar-refractivity contribution in [3.63, 3.8) is 0 Å². The van der Waals surface area contributed by atoms with Gasteiger partial charge in [0.1, 0.15) is 23.9 Å². The van der Waals surface area contributed by atoms with E-state index in [0.717, 1.165) is 0 Å². The number of pyridine rings is 1. The number of amides is 1. The fourth-order valence-electron chi connectivity index (χ4n) is 2.87. The van der Waals surface area contributed by atoms with Gasteiger partial charge in [-0.1, -0.05) is 0 Å². The zero-order chi connectivity index (χ0) is 18.4. The summed E-state index contributed by atoms with van der Waals surface area (Å²) in [5.41, 5.74) is -2.16. The van der Waals surface area contributed by atoms with Crippen LogP contribution in [0.3, 0.4) is 0 Å². The number of nitrogens with zero attached hydrogens (tertiary/aromatic N) is 2. The Hall–Kier alpha value is -1.77. The maximum Gasteiger partial charge on any atom is 0.415 e. The molecular formula is C16H18BrF2N3O3. The number of aromatic nitrogens is 1. The minimum Gasteiger partial charge on any atom is -0.461 e. The average Bonchev–Trinajstić information content (AvgIpc) is 3.26. The molecule has 0 saturated heterocycles. The molecule has 3 rings (SSSR count). The van der Waals surface area contributed by atoms with Crippen LogP contribution in [0.15, 0.2) is 21.7 Å². The lowest BCUT2D eigenvalue weighted by atomic mass is 9.87. The minimum atomic E-state index is -1.48. The highest BCUT2D eigenvalue weighted by Gasteiger charge is 2.60. The first-order valence-electron chi connectivity index (χ1n) is 7.78. The Kier molecular flexibility index (Phi) is 4.47. The number of carbonyl (C=O) groups is 1. The molecule has 2 heterocycles. The number of alkyl halides is 1. The van der Waals surface area contributed by atoms with Crippen molar-refractivity contribution < 1.29 is 23.0 Å². The number of aliphatic imine (C=N–C) groups is 1. The van der Waals surface area contributed by atoms with Gasteiger partial charge in [-0.25, -0.2) is 24.5 Å². The molecule has 0 aromatic carbocycles. The summed E-state index contributed by atoms with van der Waals surface area (Å²) in [6.45, 7) is 4.19. The van der Waals surface area contributed by atoms with E-state index in [1.165, 1.54) is 12.3 Å². The van der Waals surface area contributed by atoms with Crippen molar-refractivity contribution in [1.29, 1.82) is 0 Å². The zero-order valence-electron chi connectivity index (χ0n) is 14.0. The Morgan fingerprint density at radius 3 is 2.92 bits per heavy atom. The SMILES string of the molecule is CC(C)(C)OC(=O)NC1=N[C@](CF)(c2cc(Br)cnc2F)[C@H]2C[C@H]2O1. The van der Waals surface area contributed by atoms with Crippen molar-refractivity contribution in [3.8, 4) is 0 Å². The van der Waals surface area contributed by atoms with Gasteiger partial charge in [-0.3, -0.25) is 0 Å². The van der Waals surface area contributed by atoms with Gasteiger partial charge >= 0.3 is 6.09 Å². The minimum absolute atomic E-state index is 0.0312. The van der Waals surface area contributed by atoms with Crippen molar-refractivity contribution >= 4 is 28.0 Å². The van der Waals surface area contributed by atoms with Gasteiger partial charge in [0.2, 0.25) is 5.95 Å². The molecule has 1 aromatic rings. The van der Waals surface area contributed by atoms with Gasteiger partial charge < -0.3 is 9.47 Å². The summed E-state index contributed by atoms with van der Waals surface area (Å²) in [5.74, 6) is -1.11. The predicted octanol–water partition coefficient (Wildman–Crippen LogP) is 3.45. The molecular weight excluding hydrogens is 400 g/mol. The lowest BCUT2D eigenvalue weighted by molar-refractivity contribution is 0.0537. The Morgan fingerprint density at radius 1 is 1.56 bits per heavy atom. The van der Waals surface area contributed by atoms with Crippen molar-refractivity contribution in [1.82, 2.24) is 10.3 Å². The predicted molar refractivity (Wildman–Crippen MR) is 89.3 cm³/mol. The van der Waals surface area contributed by atoms with Crippen LogP contribution in [0, 0.1) is 11.9 Å². The molecule has 1 fully saturated rings. The van der Waals surface area contributed by atoms with Gasteiger partial charge in [0.15, 0.2) is 0 Å². The van der Waals surface area contributed by atoms with Crippen LogP contribution in [0.25, 0.3) is 0 Å². The van der Waals surface area contributed by atoms with Crippen LogP contribution in [0.5, 0.6) is 0 Å². The standard InChI is InChI=1S/C16H18BrF2N3O3/c1-15(2,3)25-14(23)21-13-22-16(7-18,9-5-11(9)24-13)10-4-8(17)6-20-12(10)19/h4,6,9,11H,5,7H2,1-3H3,(H,21,22,23)/t9-,11+,16-/m0/s1. The summed E-state index contributed by atoms with van der Waals surface area (Å²) < 4.78 is 39.5. The molecule has 6 nitrogen and oxygen atoms in total. The number of rotatable bonds is 2. The first kappa shape index (κ1) is 18.0. The van der Waals surface area contributed by atoms with Gasteiger partial charge in [0, 0.05) is 22.2 Å². The maximum absolute atomic E-state index is 14.3. The monoisotopic (exact) mass is 417 g/mol. The lowest BCUT2D eigenvalue weighted by Gasteiger charge is -2.32. The molecule has 136 valence electrons. The van der Waals surface area contributed by atoms with E-state index in [0.29, 0.717) is 10.9 Å². The number of nitrogens with one attached hydrogen (secondary N) is 1. The molecule has 1 aliphatic heterocycles. The molecule has 2 aliphatic rings. The van der Waals surface area contributed by atoms with E-state index in [2.05, 4.69) is 31.2 Å². The molecule has 1 aliphatic carbocycles. The number of hydrogen-bond donors (Lipinski definition) is 1. The van der Waals surface area contributed by atoms with E-state index in [1.807, 2.05) is 0 Å². The number of hydrogen-bond acceptors (Lipinski definition) is 5. The Morgan fingerprint density at radius 2 is 2.28 bits per heavy atom. The maximum atomic E-state index is 14.3. The second kappa shape index (κ2) is 6.19. The largest absolute Gasteiger partial charge is 0.461 e. The van der Waals surface area contributed by atoms with E-state index >= 15 is 0 Å². The van der Waals surface area contributed by atoms with Crippen LogP contribution in [0.2, 0.25) is 0 Å². The second-order valence-electron chi connectivity index (χ2n) is 7.09. The van der Waals surface area contributed by atoms with Crippen molar-refractivity contribution in [2.45, 2.75) is 44.4 Å². The fraction of sp³-hybridized carbons (Fsp3) is 0.562. The van der Waals surface area contributed by atoms with Crippen molar-refractivity contribution in [3.05, 3.63) is 28.2 Å². The Bertz CT molecular complexity index is 738. The number of fused-ring (bicyclic) bond motifs is 1. The molecule has 3 atom stereocenters. The summed E-state index contributed by atoms with van der Waals surface area (Å²) in [5, 5.41) is 2.37. The van der Waals surface area contributed by atoms with Crippen LogP contribution >= 0.6 is 15.9 Å². The number of amidine groups is 1. The highest BCUT2D eigenvalue weighted by molar-refractivity contribution is 9.10. The number of alkyl carbamates (subject to hydrolysis) is 1. The van der Waals surface area contributed by atoms with Crippen molar-refractivity contribution in [2.75, 3.05) is 6.67 Å². The highest BCUT2D eigenvalue weighted by atomic mass is 79.9. The number of ether oxygens (including phenoxy) is 2. The molecule has 1 aromatic heterocycles. The Labute approximate surface area is 152 Å².